The molecule has 0 aromatic heterocycles. The molecule has 0 spiro atoms. The smallest absolute Gasteiger partial charge is 0.188 e. The minimum Gasteiger partial charge on any atom is -0.292 e. The molecule has 0 radical (unpaired) electrons. The van der Waals surface area contributed by atoms with Crippen molar-refractivity contribution in [2.45, 2.75) is 6.54 Å². The number of hydrazine groups is 1. The Morgan fingerprint density at radius 2 is 1.55 bits per heavy atom. The van der Waals surface area contributed by atoms with Gasteiger partial charge >= 0.3 is 0 Å². The van der Waals surface area contributed by atoms with E-state index in [1.807, 2.05) is 18.2 Å². The lowest BCUT2D eigenvalue weighted by atomic mass is 10.1. The lowest BCUT2D eigenvalue weighted by Crippen LogP contribution is -2.34. The van der Waals surface area contributed by atoms with Crippen molar-refractivity contribution in [3.8, 4) is 0 Å². The number of rotatable bonds is 6. The van der Waals surface area contributed by atoms with Gasteiger partial charge in [-0.2, -0.15) is 0 Å². The molecule has 2 aromatic carbocycles. The number of ketones is 1. The van der Waals surface area contributed by atoms with Gasteiger partial charge in [-0.1, -0.05) is 60.7 Å². The van der Waals surface area contributed by atoms with E-state index in [4.69, 9.17) is 0 Å². The number of hydrogen-bond acceptors (Lipinski definition) is 3. The zero-order chi connectivity index (χ0) is 14.4. The predicted octanol–water partition coefficient (Wildman–Crippen LogP) is 2.56. The highest BCUT2D eigenvalue weighted by atomic mass is 16.7. The summed E-state index contributed by atoms with van der Waals surface area (Å²) in [6.07, 6.45) is 0. The van der Waals surface area contributed by atoms with Gasteiger partial charge in [0.25, 0.3) is 0 Å². The molecule has 0 aliphatic rings. The fraction of sp³-hybridized carbons (Fsp3) is 0.133. The molecule has 5 heteroatoms. The summed E-state index contributed by atoms with van der Waals surface area (Å²) in [5, 5.41) is 11.4. The van der Waals surface area contributed by atoms with Crippen LogP contribution in [0.1, 0.15) is 15.9 Å². The molecule has 0 fully saturated rings. The van der Waals surface area contributed by atoms with Gasteiger partial charge in [0.1, 0.15) is 13.1 Å². The van der Waals surface area contributed by atoms with E-state index in [2.05, 4.69) is 0 Å². The standard InChI is InChI=1S/C15H14N2O3/c18-15(14-9-5-2-6-10-14)12-16(17(19)20)11-13-7-3-1-4-8-13/h1-10H,11-12H2. The van der Waals surface area contributed by atoms with E-state index in [9.17, 15) is 14.9 Å². The average Bonchev–Trinajstić information content (AvgIpc) is 2.48. The summed E-state index contributed by atoms with van der Waals surface area (Å²) >= 11 is 0. The number of carbonyl (C=O) groups excluding carboxylic acids is 1. The Morgan fingerprint density at radius 1 is 1.00 bits per heavy atom. The SMILES string of the molecule is O=C(CN(Cc1ccccc1)[N+](=O)[O-])c1ccccc1. The van der Waals surface area contributed by atoms with Crippen molar-refractivity contribution < 1.29 is 9.83 Å². The van der Waals surface area contributed by atoms with Gasteiger partial charge in [-0.25, -0.2) is 10.1 Å². The van der Waals surface area contributed by atoms with Crippen LogP contribution in [0.3, 0.4) is 0 Å². The van der Waals surface area contributed by atoms with Gasteiger partial charge in [0.2, 0.25) is 0 Å². The summed E-state index contributed by atoms with van der Waals surface area (Å²) in [6.45, 7) is -0.141. The molecule has 0 atom stereocenters. The summed E-state index contributed by atoms with van der Waals surface area (Å²) in [6, 6.07) is 17.6. The second kappa shape index (κ2) is 6.47. The third kappa shape index (κ3) is 3.65. The van der Waals surface area contributed by atoms with E-state index in [1.165, 1.54) is 0 Å². The van der Waals surface area contributed by atoms with Crippen LogP contribution in [0.5, 0.6) is 0 Å². The summed E-state index contributed by atoms with van der Waals surface area (Å²) in [7, 11) is 0. The van der Waals surface area contributed by atoms with Crippen molar-refractivity contribution in [1.29, 1.82) is 0 Å². The average molecular weight is 270 g/mol. The quantitative estimate of drug-likeness (QED) is 0.460. The van der Waals surface area contributed by atoms with Crippen molar-refractivity contribution in [1.82, 2.24) is 5.01 Å². The molecule has 2 rings (SSSR count). The summed E-state index contributed by atoms with van der Waals surface area (Å²) in [5.74, 6) is -0.266. The molecule has 0 aliphatic heterocycles. The predicted molar refractivity (Wildman–Crippen MR) is 74.6 cm³/mol. The molecule has 0 unspecified atom stereocenters. The van der Waals surface area contributed by atoms with Crippen LogP contribution < -0.4 is 0 Å². The normalized spacial score (nSPS) is 10.0. The zero-order valence-corrected chi connectivity index (χ0v) is 10.8. The molecule has 20 heavy (non-hydrogen) atoms. The molecule has 0 saturated carbocycles. The van der Waals surface area contributed by atoms with Crippen LogP contribution in [0.4, 0.5) is 0 Å². The summed E-state index contributed by atoms with van der Waals surface area (Å²) in [5.41, 5.74) is 1.28. The maximum absolute atomic E-state index is 12.0. The fourth-order valence-electron chi connectivity index (χ4n) is 1.85. The molecule has 5 nitrogen and oxygen atoms in total. The van der Waals surface area contributed by atoms with Crippen molar-refractivity contribution in [3.63, 3.8) is 0 Å². The van der Waals surface area contributed by atoms with Crippen molar-refractivity contribution >= 4 is 5.78 Å². The number of carbonyl (C=O) groups is 1. The van der Waals surface area contributed by atoms with Crippen LogP contribution in [0.15, 0.2) is 60.7 Å². The largest absolute Gasteiger partial charge is 0.292 e. The van der Waals surface area contributed by atoms with Crippen LogP contribution in [-0.4, -0.2) is 22.4 Å². The maximum Gasteiger partial charge on any atom is 0.188 e. The highest BCUT2D eigenvalue weighted by Gasteiger charge is 2.20. The molecule has 0 saturated heterocycles. The first-order valence-corrected chi connectivity index (χ1v) is 6.18. The Bertz CT molecular complexity index is 585. The van der Waals surface area contributed by atoms with Crippen LogP contribution in [-0.2, 0) is 6.54 Å². The van der Waals surface area contributed by atoms with E-state index in [-0.39, 0.29) is 18.9 Å². The van der Waals surface area contributed by atoms with Gasteiger partial charge < -0.3 is 0 Å². The van der Waals surface area contributed by atoms with E-state index in [0.717, 1.165) is 10.6 Å². The van der Waals surface area contributed by atoms with Gasteiger partial charge in [-0.05, 0) is 5.56 Å². The molecular weight excluding hydrogens is 256 g/mol. The molecular formula is C15H14N2O3. The summed E-state index contributed by atoms with van der Waals surface area (Å²) < 4.78 is 0. The second-order valence-corrected chi connectivity index (χ2v) is 4.34. The van der Waals surface area contributed by atoms with Crippen molar-refractivity contribution in [2.24, 2.45) is 0 Å². The summed E-state index contributed by atoms with van der Waals surface area (Å²) in [4.78, 5) is 23.1. The number of nitrogens with zero attached hydrogens (tertiary/aromatic N) is 2. The first-order chi connectivity index (χ1) is 9.66. The van der Waals surface area contributed by atoms with E-state index < -0.39 is 5.03 Å². The maximum atomic E-state index is 12.0. The Hall–Kier alpha value is -2.69. The highest BCUT2D eigenvalue weighted by molar-refractivity contribution is 5.97. The van der Waals surface area contributed by atoms with E-state index in [1.54, 1.807) is 42.5 Å². The Kier molecular flexibility index (Phi) is 4.44. The van der Waals surface area contributed by atoms with Gasteiger partial charge in [0.05, 0.1) is 0 Å². The zero-order valence-electron chi connectivity index (χ0n) is 10.8. The molecule has 0 heterocycles. The Balaban J connectivity index is 2.07. The molecule has 0 amide bonds. The van der Waals surface area contributed by atoms with Gasteiger partial charge in [0, 0.05) is 5.56 Å². The van der Waals surface area contributed by atoms with Crippen LogP contribution in [0, 0.1) is 10.1 Å². The van der Waals surface area contributed by atoms with E-state index >= 15 is 0 Å². The number of hydrogen-bond donors (Lipinski definition) is 0. The third-order valence-electron chi connectivity index (χ3n) is 2.86. The molecule has 0 aliphatic carbocycles. The first kappa shape index (κ1) is 13.7. The molecule has 2 aromatic rings. The molecule has 0 bridgehead atoms. The van der Waals surface area contributed by atoms with Crippen LogP contribution in [0.25, 0.3) is 0 Å². The minimum atomic E-state index is -0.534. The Labute approximate surface area is 116 Å². The number of benzene rings is 2. The number of nitro groups is 1. The number of Topliss-reactive ketones (excluding diaryl/α,β-unsaturated/α-hetero) is 1. The van der Waals surface area contributed by atoms with Gasteiger partial charge in [-0.3, -0.25) is 4.79 Å². The highest BCUT2D eigenvalue weighted by Crippen LogP contribution is 2.07. The van der Waals surface area contributed by atoms with Crippen molar-refractivity contribution in [3.05, 3.63) is 81.9 Å². The topological polar surface area (TPSA) is 63.5 Å². The minimum absolute atomic E-state index is 0.104. The Morgan fingerprint density at radius 3 is 2.10 bits per heavy atom. The second-order valence-electron chi connectivity index (χ2n) is 4.34. The van der Waals surface area contributed by atoms with Gasteiger partial charge in [-0.15, -0.1) is 5.01 Å². The lowest BCUT2D eigenvalue weighted by molar-refractivity contribution is -0.656. The monoisotopic (exact) mass is 270 g/mol. The van der Waals surface area contributed by atoms with Crippen LogP contribution >= 0.6 is 0 Å². The van der Waals surface area contributed by atoms with Crippen LogP contribution in [0.2, 0.25) is 0 Å². The van der Waals surface area contributed by atoms with Crippen molar-refractivity contribution in [2.75, 3.05) is 6.54 Å². The van der Waals surface area contributed by atoms with E-state index in [0.29, 0.717) is 5.56 Å². The lowest BCUT2D eigenvalue weighted by Gasteiger charge is -2.13. The molecule has 102 valence electrons. The fourth-order valence-corrected chi connectivity index (χ4v) is 1.85. The molecule has 0 N–H and O–H groups in total. The van der Waals surface area contributed by atoms with Gasteiger partial charge in [0.15, 0.2) is 10.8 Å². The third-order valence-corrected chi connectivity index (χ3v) is 2.86. The first-order valence-electron chi connectivity index (χ1n) is 6.18.